The van der Waals surface area contributed by atoms with Crippen LogP contribution in [0, 0.1) is 3.57 Å². The lowest BCUT2D eigenvalue weighted by Crippen LogP contribution is -2.16. The summed E-state index contributed by atoms with van der Waals surface area (Å²) in [6, 6.07) is 12.2. The van der Waals surface area contributed by atoms with Crippen molar-refractivity contribution in [1.29, 1.82) is 0 Å². The first-order valence-electron chi connectivity index (χ1n) is 5.50. The molecule has 6 heteroatoms. The molecule has 3 aromatic rings. The molecule has 0 spiro atoms. The second kappa shape index (κ2) is 4.61. The molecule has 0 aliphatic heterocycles. The molecule has 0 saturated carbocycles. The highest BCUT2D eigenvalue weighted by Crippen LogP contribution is 2.23. The van der Waals surface area contributed by atoms with Crippen LogP contribution in [0.3, 0.4) is 0 Å². The highest BCUT2D eigenvalue weighted by atomic mass is 127. The number of aromatic hydroxyl groups is 1. The van der Waals surface area contributed by atoms with Crippen LogP contribution >= 0.6 is 22.6 Å². The van der Waals surface area contributed by atoms with Gasteiger partial charge in [0.15, 0.2) is 0 Å². The number of phenols is 1. The molecule has 2 aromatic carbocycles. The molecular formula is C13H8IN3O2. The molecule has 0 unspecified atom stereocenters. The first-order chi connectivity index (χ1) is 9.16. The van der Waals surface area contributed by atoms with Crippen molar-refractivity contribution in [3.8, 4) is 11.4 Å². The lowest BCUT2D eigenvalue weighted by atomic mass is 10.2. The Hall–Kier alpha value is -1.96. The summed E-state index contributed by atoms with van der Waals surface area (Å²) in [6.45, 7) is 0. The van der Waals surface area contributed by atoms with Gasteiger partial charge in [-0.2, -0.15) is 0 Å². The largest absolute Gasteiger partial charge is 0.506 e. The van der Waals surface area contributed by atoms with Gasteiger partial charge in [-0.3, -0.25) is 4.79 Å². The maximum Gasteiger partial charge on any atom is 0.299 e. The molecular weight excluding hydrogens is 357 g/mol. The van der Waals surface area contributed by atoms with E-state index >= 15 is 0 Å². The maximum atomic E-state index is 11.7. The van der Waals surface area contributed by atoms with Crippen LogP contribution < -0.4 is 5.56 Å². The predicted molar refractivity (Wildman–Crippen MR) is 79.5 cm³/mol. The van der Waals surface area contributed by atoms with E-state index in [2.05, 4.69) is 32.9 Å². The monoisotopic (exact) mass is 365 g/mol. The summed E-state index contributed by atoms with van der Waals surface area (Å²) in [5.41, 5.74) is 0.725. The van der Waals surface area contributed by atoms with Gasteiger partial charge >= 0.3 is 0 Å². The van der Waals surface area contributed by atoms with Crippen LogP contribution in [0.15, 0.2) is 47.3 Å². The lowest BCUT2D eigenvalue weighted by molar-refractivity contribution is 0.469. The molecule has 0 fully saturated rings. The number of halogens is 1. The van der Waals surface area contributed by atoms with Crippen molar-refractivity contribution in [3.05, 3.63) is 56.4 Å². The van der Waals surface area contributed by atoms with Gasteiger partial charge in [0.1, 0.15) is 11.4 Å². The standard InChI is InChI=1S/C13H8IN3O2/c14-8-5-6-10-9(7-8)13(19)15-16-17(10)11-3-1-2-4-12(11)18/h1-7,18H. The zero-order chi connectivity index (χ0) is 13.4. The molecule has 94 valence electrons. The van der Waals surface area contributed by atoms with Crippen LogP contribution in [-0.2, 0) is 0 Å². The SMILES string of the molecule is O=c1nnn(-c2ccccc2O)c2ccc(I)cc12. The molecule has 0 atom stereocenters. The molecule has 5 nitrogen and oxygen atoms in total. The summed E-state index contributed by atoms with van der Waals surface area (Å²) in [4.78, 5) is 11.7. The number of rotatable bonds is 1. The average molecular weight is 365 g/mol. The van der Waals surface area contributed by atoms with Gasteiger partial charge in [0.05, 0.1) is 10.9 Å². The van der Waals surface area contributed by atoms with E-state index in [0.717, 1.165) is 3.57 Å². The van der Waals surface area contributed by atoms with Crippen LogP contribution in [0.4, 0.5) is 0 Å². The maximum absolute atomic E-state index is 11.7. The zero-order valence-corrected chi connectivity index (χ0v) is 11.8. The Labute approximate surface area is 121 Å². The Morgan fingerprint density at radius 3 is 2.74 bits per heavy atom. The van der Waals surface area contributed by atoms with E-state index in [1.807, 2.05) is 6.07 Å². The fourth-order valence-corrected chi connectivity index (χ4v) is 2.36. The average Bonchev–Trinajstić information content (AvgIpc) is 2.41. The van der Waals surface area contributed by atoms with Crippen molar-refractivity contribution in [2.75, 3.05) is 0 Å². The van der Waals surface area contributed by atoms with E-state index in [1.165, 1.54) is 4.68 Å². The van der Waals surface area contributed by atoms with Crippen molar-refractivity contribution in [2.45, 2.75) is 0 Å². The van der Waals surface area contributed by atoms with E-state index in [4.69, 9.17) is 0 Å². The minimum absolute atomic E-state index is 0.0836. The predicted octanol–water partition coefficient (Wildman–Crippen LogP) is 2.09. The van der Waals surface area contributed by atoms with Gasteiger partial charge in [-0.05, 0) is 52.9 Å². The highest BCUT2D eigenvalue weighted by molar-refractivity contribution is 14.1. The van der Waals surface area contributed by atoms with Gasteiger partial charge in [0, 0.05) is 3.57 Å². The Kier molecular flexibility index (Phi) is 2.94. The number of hydrogen-bond donors (Lipinski definition) is 1. The number of phenolic OH excluding ortho intramolecular Hbond substituents is 1. The van der Waals surface area contributed by atoms with Crippen molar-refractivity contribution in [2.24, 2.45) is 0 Å². The smallest absolute Gasteiger partial charge is 0.299 e. The third-order valence-electron chi connectivity index (χ3n) is 2.75. The normalized spacial score (nSPS) is 10.8. The third-order valence-corrected chi connectivity index (χ3v) is 3.42. The summed E-state index contributed by atoms with van der Waals surface area (Å²) in [5.74, 6) is 0.0836. The number of para-hydroxylation sites is 2. The first kappa shape index (κ1) is 12.1. The second-order valence-corrected chi connectivity index (χ2v) is 5.20. The topological polar surface area (TPSA) is 68.0 Å². The Bertz CT molecular complexity index is 829. The van der Waals surface area contributed by atoms with E-state index in [1.54, 1.807) is 36.4 Å². The summed E-state index contributed by atoms with van der Waals surface area (Å²) in [7, 11) is 0. The second-order valence-electron chi connectivity index (χ2n) is 3.96. The van der Waals surface area contributed by atoms with Crippen molar-refractivity contribution >= 4 is 33.5 Å². The van der Waals surface area contributed by atoms with Crippen LogP contribution in [0.25, 0.3) is 16.6 Å². The molecule has 0 aliphatic rings. The quantitative estimate of drug-likeness (QED) is 0.671. The number of aromatic nitrogens is 3. The molecule has 1 heterocycles. The van der Waals surface area contributed by atoms with Gasteiger partial charge in [-0.25, -0.2) is 4.68 Å². The molecule has 1 N–H and O–H groups in total. The summed E-state index contributed by atoms with van der Waals surface area (Å²) in [6.07, 6.45) is 0. The van der Waals surface area contributed by atoms with Gasteiger partial charge in [0.25, 0.3) is 5.56 Å². The van der Waals surface area contributed by atoms with Crippen LogP contribution in [0.2, 0.25) is 0 Å². The molecule has 0 radical (unpaired) electrons. The van der Waals surface area contributed by atoms with Crippen LogP contribution in [0.5, 0.6) is 5.75 Å². The van der Waals surface area contributed by atoms with Crippen LogP contribution in [-0.4, -0.2) is 20.1 Å². The van der Waals surface area contributed by atoms with E-state index in [0.29, 0.717) is 16.6 Å². The van der Waals surface area contributed by atoms with E-state index < -0.39 is 0 Å². The molecule has 0 aliphatic carbocycles. The third kappa shape index (κ3) is 2.07. The summed E-state index contributed by atoms with van der Waals surface area (Å²) >= 11 is 2.13. The van der Waals surface area contributed by atoms with Gasteiger partial charge in [-0.1, -0.05) is 22.4 Å². The minimum Gasteiger partial charge on any atom is -0.506 e. The molecule has 1 aromatic heterocycles. The lowest BCUT2D eigenvalue weighted by Gasteiger charge is -2.09. The Morgan fingerprint density at radius 2 is 1.95 bits per heavy atom. The summed E-state index contributed by atoms with van der Waals surface area (Å²) < 4.78 is 2.40. The molecule has 0 bridgehead atoms. The van der Waals surface area contributed by atoms with Crippen molar-refractivity contribution in [3.63, 3.8) is 0 Å². The van der Waals surface area contributed by atoms with Gasteiger partial charge in [-0.15, -0.1) is 0 Å². The Balaban J connectivity index is 2.41. The van der Waals surface area contributed by atoms with Crippen molar-refractivity contribution < 1.29 is 5.11 Å². The molecule has 3 rings (SSSR count). The zero-order valence-electron chi connectivity index (χ0n) is 9.62. The highest BCUT2D eigenvalue weighted by Gasteiger charge is 2.10. The number of hydrogen-bond acceptors (Lipinski definition) is 4. The van der Waals surface area contributed by atoms with Gasteiger partial charge < -0.3 is 5.11 Å². The minimum atomic E-state index is -0.375. The number of nitrogens with zero attached hydrogens (tertiary/aromatic N) is 3. The molecule has 0 saturated heterocycles. The fraction of sp³-hybridized carbons (Fsp3) is 0. The van der Waals surface area contributed by atoms with Crippen LogP contribution in [0.1, 0.15) is 0 Å². The van der Waals surface area contributed by atoms with Crippen molar-refractivity contribution in [1.82, 2.24) is 15.0 Å². The molecule has 19 heavy (non-hydrogen) atoms. The molecule has 0 amide bonds. The van der Waals surface area contributed by atoms with E-state index in [9.17, 15) is 9.90 Å². The number of benzene rings is 2. The first-order valence-corrected chi connectivity index (χ1v) is 6.58. The number of fused-ring (bicyclic) bond motifs is 1. The Morgan fingerprint density at radius 1 is 1.16 bits per heavy atom. The van der Waals surface area contributed by atoms with Gasteiger partial charge in [0.2, 0.25) is 0 Å². The summed E-state index contributed by atoms with van der Waals surface area (Å²) in [5, 5.41) is 17.8. The van der Waals surface area contributed by atoms with E-state index in [-0.39, 0.29) is 11.3 Å². The fourth-order valence-electron chi connectivity index (χ4n) is 1.87.